The quantitative estimate of drug-likeness (QED) is 0.716. The number of nitrogens with two attached hydrogens (primary N) is 1. The molecule has 3 N–H and O–H groups in total. The number of ether oxygens (including phenoxy) is 2. The lowest BCUT2D eigenvalue weighted by Crippen LogP contribution is -2.36. The third-order valence-electron chi connectivity index (χ3n) is 3.59. The summed E-state index contributed by atoms with van der Waals surface area (Å²) in [5, 5.41) is 2.96. The van der Waals surface area contributed by atoms with Gasteiger partial charge in [-0.2, -0.15) is 0 Å². The van der Waals surface area contributed by atoms with Crippen LogP contribution in [0.15, 0.2) is 18.2 Å². The Labute approximate surface area is 139 Å². The summed E-state index contributed by atoms with van der Waals surface area (Å²) in [7, 11) is 0. The lowest BCUT2D eigenvalue weighted by Gasteiger charge is -2.29. The highest BCUT2D eigenvalue weighted by Crippen LogP contribution is 2.23. The molecule has 0 radical (unpaired) electrons. The molecule has 132 valence electrons. The minimum absolute atomic E-state index is 0.0963. The number of halogens is 1. The molecule has 1 aromatic carbocycles. The van der Waals surface area contributed by atoms with Crippen molar-refractivity contribution in [3.05, 3.63) is 24.0 Å². The van der Waals surface area contributed by atoms with Gasteiger partial charge in [0.25, 0.3) is 0 Å². The van der Waals surface area contributed by atoms with Crippen LogP contribution in [0.4, 0.5) is 15.8 Å². The van der Waals surface area contributed by atoms with Gasteiger partial charge in [0, 0.05) is 25.7 Å². The van der Waals surface area contributed by atoms with Gasteiger partial charge in [0.05, 0.1) is 31.9 Å². The number of carbonyl (C=O) groups excluding carboxylic acids is 2. The minimum atomic E-state index is -0.693. The Morgan fingerprint density at radius 1 is 1.42 bits per heavy atom. The number of hydrogen-bond donors (Lipinski definition) is 2. The Kier molecular flexibility index (Phi) is 6.36. The molecule has 1 aromatic rings. The highest BCUT2D eigenvalue weighted by molar-refractivity contribution is 5.75. The molecule has 0 unspecified atom stereocenters. The van der Waals surface area contributed by atoms with Crippen molar-refractivity contribution in [3.8, 4) is 0 Å². The number of nitrogens with zero attached hydrogens (tertiary/aromatic N) is 1. The van der Waals surface area contributed by atoms with Gasteiger partial charge in [-0.3, -0.25) is 9.59 Å². The summed E-state index contributed by atoms with van der Waals surface area (Å²) in [6, 6.07) is 4.81. The molecule has 0 saturated carbocycles. The Hall–Kier alpha value is -2.35. The van der Waals surface area contributed by atoms with Gasteiger partial charge in [-0.1, -0.05) is 0 Å². The molecular weight excluding hydrogens is 317 g/mol. The lowest BCUT2D eigenvalue weighted by molar-refractivity contribution is -0.146. The van der Waals surface area contributed by atoms with Gasteiger partial charge in [0.15, 0.2) is 0 Å². The Balaban J connectivity index is 1.97. The number of rotatable bonds is 7. The smallest absolute Gasteiger partial charge is 0.302 e. The van der Waals surface area contributed by atoms with Gasteiger partial charge in [-0.15, -0.1) is 0 Å². The SMILES string of the molecule is CC(=O)O[C@H](CNc1ccc(N2CCOCC2)c(F)c1)CC(N)=O. The number of benzene rings is 1. The van der Waals surface area contributed by atoms with Gasteiger partial charge in [0.2, 0.25) is 5.91 Å². The lowest BCUT2D eigenvalue weighted by atomic mass is 10.2. The van der Waals surface area contributed by atoms with Crippen molar-refractivity contribution in [2.24, 2.45) is 5.73 Å². The monoisotopic (exact) mass is 339 g/mol. The molecule has 0 bridgehead atoms. The number of morpholine rings is 1. The maximum atomic E-state index is 14.3. The van der Waals surface area contributed by atoms with Crippen LogP contribution in [-0.2, 0) is 19.1 Å². The Morgan fingerprint density at radius 2 is 2.12 bits per heavy atom. The second kappa shape index (κ2) is 8.49. The normalized spacial score (nSPS) is 15.7. The predicted molar refractivity (Wildman–Crippen MR) is 87.3 cm³/mol. The Bertz CT molecular complexity index is 575. The molecule has 1 fully saturated rings. The molecule has 24 heavy (non-hydrogen) atoms. The summed E-state index contributed by atoms with van der Waals surface area (Å²) < 4.78 is 24.6. The zero-order valence-electron chi connectivity index (χ0n) is 13.6. The highest BCUT2D eigenvalue weighted by Gasteiger charge is 2.17. The summed E-state index contributed by atoms with van der Waals surface area (Å²) in [5.74, 6) is -1.42. The van der Waals surface area contributed by atoms with E-state index in [1.54, 1.807) is 12.1 Å². The summed E-state index contributed by atoms with van der Waals surface area (Å²) in [6.07, 6.45) is -0.789. The average Bonchev–Trinajstić information content (AvgIpc) is 2.52. The van der Waals surface area contributed by atoms with Gasteiger partial charge < -0.3 is 25.4 Å². The number of carbonyl (C=O) groups is 2. The molecule has 1 aliphatic heterocycles. The first-order chi connectivity index (χ1) is 11.5. The van der Waals surface area contributed by atoms with E-state index in [9.17, 15) is 14.0 Å². The van der Waals surface area contributed by atoms with Crippen LogP contribution in [0.1, 0.15) is 13.3 Å². The van der Waals surface area contributed by atoms with E-state index in [0.717, 1.165) is 0 Å². The summed E-state index contributed by atoms with van der Waals surface area (Å²) in [5.41, 5.74) is 6.19. The predicted octanol–water partition coefficient (Wildman–Crippen LogP) is 0.881. The zero-order valence-corrected chi connectivity index (χ0v) is 13.6. The maximum Gasteiger partial charge on any atom is 0.302 e. The van der Waals surface area contributed by atoms with Crippen LogP contribution < -0.4 is 16.0 Å². The molecule has 0 aromatic heterocycles. The molecule has 7 nitrogen and oxygen atoms in total. The molecule has 8 heteroatoms. The molecule has 1 amide bonds. The number of anilines is 2. The van der Waals surface area contributed by atoms with E-state index >= 15 is 0 Å². The van der Waals surface area contributed by atoms with Crippen molar-refractivity contribution < 1.29 is 23.5 Å². The van der Waals surface area contributed by atoms with Crippen LogP contribution in [0, 0.1) is 5.82 Å². The fraction of sp³-hybridized carbons (Fsp3) is 0.500. The molecule has 2 rings (SSSR count). The highest BCUT2D eigenvalue weighted by atomic mass is 19.1. The van der Waals surface area contributed by atoms with Crippen molar-refractivity contribution in [1.29, 1.82) is 0 Å². The van der Waals surface area contributed by atoms with E-state index in [2.05, 4.69) is 5.32 Å². The first-order valence-electron chi connectivity index (χ1n) is 7.77. The van der Waals surface area contributed by atoms with Gasteiger partial charge in [-0.05, 0) is 18.2 Å². The van der Waals surface area contributed by atoms with E-state index in [-0.39, 0.29) is 18.8 Å². The van der Waals surface area contributed by atoms with Crippen LogP contribution in [0.5, 0.6) is 0 Å². The Morgan fingerprint density at radius 3 is 2.71 bits per heavy atom. The first kappa shape index (κ1) is 18.0. The van der Waals surface area contributed by atoms with Crippen LogP contribution >= 0.6 is 0 Å². The van der Waals surface area contributed by atoms with Crippen LogP contribution in [0.25, 0.3) is 0 Å². The standard InChI is InChI=1S/C16H22FN3O4/c1-11(21)24-13(9-16(18)22)10-19-12-2-3-15(14(17)8-12)20-4-6-23-7-5-20/h2-3,8,13,19H,4-7,9-10H2,1H3,(H2,18,22)/t13-/m0/s1. The molecule has 0 aliphatic carbocycles. The summed E-state index contributed by atoms with van der Waals surface area (Å²) >= 11 is 0. The van der Waals surface area contributed by atoms with Crippen LogP contribution in [0.2, 0.25) is 0 Å². The van der Waals surface area contributed by atoms with E-state index in [1.807, 2.05) is 4.90 Å². The van der Waals surface area contributed by atoms with E-state index in [4.69, 9.17) is 15.2 Å². The maximum absolute atomic E-state index is 14.3. The number of nitrogens with one attached hydrogen (secondary N) is 1. The number of esters is 1. The zero-order chi connectivity index (χ0) is 17.5. The average molecular weight is 339 g/mol. The van der Waals surface area contributed by atoms with Crippen LogP contribution in [-0.4, -0.2) is 50.8 Å². The van der Waals surface area contributed by atoms with E-state index in [0.29, 0.717) is 37.7 Å². The molecule has 1 saturated heterocycles. The number of amides is 1. The fourth-order valence-electron chi connectivity index (χ4n) is 2.52. The van der Waals surface area contributed by atoms with Gasteiger partial charge in [-0.25, -0.2) is 4.39 Å². The third-order valence-corrected chi connectivity index (χ3v) is 3.59. The van der Waals surface area contributed by atoms with E-state index in [1.165, 1.54) is 13.0 Å². The van der Waals surface area contributed by atoms with Crippen molar-refractivity contribution in [2.45, 2.75) is 19.4 Å². The molecule has 1 atom stereocenters. The summed E-state index contributed by atoms with van der Waals surface area (Å²) in [6.45, 7) is 3.88. The van der Waals surface area contributed by atoms with Gasteiger partial charge in [0.1, 0.15) is 11.9 Å². The van der Waals surface area contributed by atoms with Gasteiger partial charge >= 0.3 is 5.97 Å². The summed E-state index contributed by atoms with van der Waals surface area (Å²) in [4.78, 5) is 24.0. The van der Waals surface area contributed by atoms with Crippen molar-refractivity contribution in [1.82, 2.24) is 0 Å². The topological polar surface area (TPSA) is 93.9 Å². The molecular formula is C16H22FN3O4. The number of primary amides is 1. The largest absolute Gasteiger partial charge is 0.460 e. The van der Waals surface area contributed by atoms with E-state index < -0.39 is 18.0 Å². The second-order valence-electron chi connectivity index (χ2n) is 5.55. The minimum Gasteiger partial charge on any atom is -0.460 e. The third kappa shape index (κ3) is 5.38. The molecule has 1 aliphatic rings. The fourth-order valence-corrected chi connectivity index (χ4v) is 2.52. The number of hydrogen-bond acceptors (Lipinski definition) is 6. The first-order valence-corrected chi connectivity index (χ1v) is 7.77. The van der Waals surface area contributed by atoms with Crippen LogP contribution in [0.3, 0.4) is 0 Å². The van der Waals surface area contributed by atoms with Crippen molar-refractivity contribution in [3.63, 3.8) is 0 Å². The molecule has 0 spiro atoms. The van der Waals surface area contributed by atoms with Crippen molar-refractivity contribution >= 4 is 23.3 Å². The molecule has 1 heterocycles. The second-order valence-corrected chi connectivity index (χ2v) is 5.55. The van der Waals surface area contributed by atoms with Crippen molar-refractivity contribution in [2.75, 3.05) is 43.1 Å².